The van der Waals surface area contributed by atoms with E-state index in [0.717, 1.165) is 28.6 Å². The Morgan fingerprint density at radius 1 is 1.12 bits per heavy atom. The normalized spacial score (nSPS) is 13.3. The Kier molecular flexibility index (Phi) is 4.81. The number of para-hydroxylation sites is 1. The lowest BCUT2D eigenvalue weighted by Crippen LogP contribution is -2.30. The molecule has 3 aromatic rings. The van der Waals surface area contributed by atoms with Gasteiger partial charge in [0, 0.05) is 17.6 Å². The second-order valence-electron chi connectivity index (χ2n) is 6.13. The van der Waals surface area contributed by atoms with E-state index in [-0.39, 0.29) is 6.79 Å². The number of anilines is 3. The van der Waals surface area contributed by atoms with Crippen LogP contribution in [-0.4, -0.2) is 35.4 Å². The first-order valence-electron chi connectivity index (χ1n) is 8.50. The maximum absolute atomic E-state index is 5.70. The molecule has 3 heterocycles. The van der Waals surface area contributed by atoms with Crippen LogP contribution in [0.5, 0.6) is 0 Å². The fourth-order valence-electron chi connectivity index (χ4n) is 2.98. The molecule has 0 atom stereocenters. The first kappa shape index (κ1) is 16.6. The van der Waals surface area contributed by atoms with Gasteiger partial charge in [0.2, 0.25) is 0 Å². The molecule has 0 saturated heterocycles. The molecule has 0 unspecified atom stereocenters. The molecular formula is C19H21N5O2. The van der Waals surface area contributed by atoms with Crippen molar-refractivity contribution in [2.45, 2.75) is 13.5 Å². The summed E-state index contributed by atoms with van der Waals surface area (Å²) in [5.41, 5.74) is 4.06. The molecule has 1 N–H and O–H groups in total. The Hall–Kier alpha value is -2.90. The molecule has 7 heteroatoms. The molecule has 134 valence electrons. The van der Waals surface area contributed by atoms with Crippen LogP contribution in [0, 0.1) is 6.92 Å². The third-order valence-electron chi connectivity index (χ3n) is 4.17. The smallest absolute Gasteiger partial charge is 0.158 e. The number of aromatic amines is 1. The lowest BCUT2D eigenvalue weighted by molar-refractivity contribution is -0.0615. The Morgan fingerprint density at radius 3 is 2.81 bits per heavy atom. The molecule has 0 spiro atoms. The number of hydrogen-bond donors (Lipinski definition) is 1. The number of ether oxygens (including phenoxy) is 2. The van der Waals surface area contributed by atoms with E-state index < -0.39 is 0 Å². The molecule has 1 aliphatic heterocycles. The minimum absolute atomic E-state index is 0.212. The summed E-state index contributed by atoms with van der Waals surface area (Å²) in [6.45, 7) is 3.73. The van der Waals surface area contributed by atoms with Gasteiger partial charge in [-0.1, -0.05) is 18.2 Å². The van der Waals surface area contributed by atoms with Gasteiger partial charge in [-0.3, -0.25) is 5.10 Å². The fraction of sp³-hybridized carbons (Fsp3) is 0.263. The summed E-state index contributed by atoms with van der Waals surface area (Å²) in [7, 11) is 0. The molecule has 0 amide bonds. The summed E-state index contributed by atoms with van der Waals surface area (Å²) in [6.07, 6.45) is 1.81. The van der Waals surface area contributed by atoms with Crippen molar-refractivity contribution in [2.24, 2.45) is 0 Å². The van der Waals surface area contributed by atoms with Crippen LogP contribution in [0.4, 0.5) is 17.2 Å². The minimum atomic E-state index is 0.212. The highest BCUT2D eigenvalue weighted by Gasteiger charge is 2.27. The van der Waals surface area contributed by atoms with Crippen molar-refractivity contribution in [3.8, 4) is 0 Å². The highest BCUT2D eigenvalue weighted by molar-refractivity contribution is 5.78. The summed E-state index contributed by atoms with van der Waals surface area (Å²) in [5, 5.41) is 7.03. The van der Waals surface area contributed by atoms with Crippen LogP contribution >= 0.6 is 0 Å². The largest absolute Gasteiger partial charge is 0.349 e. The Labute approximate surface area is 152 Å². The van der Waals surface area contributed by atoms with Gasteiger partial charge in [-0.05, 0) is 37.3 Å². The summed E-state index contributed by atoms with van der Waals surface area (Å²) in [4.78, 5) is 8.85. The lowest BCUT2D eigenvalue weighted by Gasteiger charge is -2.21. The van der Waals surface area contributed by atoms with Crippen molar-refractivity contribution in [3.05, 3.63) is 66.1 Å². The minimum Gasteiger partial charge on any atom is -0.349 e. The van der Waals surface area contributed by atoms with Crippen molar-refractivity contribution >= 4 is 17.2 Å². The zero-order chi connectivity index (χ0) is 17.8. The number of rotatable bonds is 7. The highest BCUT2D eigenvalue weighted by Crippen LogP contribution is 2.38. The van der Waals surface area contributed by atoms with E-state index >= 15 is 0 Å². The molecule has 7 nitrogen and oxygen atoms in total. The van der Waals surface area contributed by atoms with Crippen molar-refractivity contribution < 1.29 is 9.47 Å². The number of fused-ring (bicyclic) bond motifs is 1. The summed E-state index contributed by atoms with van der Waals surface area (Å²) in [6, 6.07) is 16.2. The fourth-order valence-corrected chi connectivity index (χ4v) is 2.98. The molecule has 1 aliphatic rings. The number of aryl methyl sites for hydroxylation is 1. The Morgan fingerprint density at radius 2 is 2.00 bits per heavy atom. The van der Waals surface area contributed by atoms with E-state index in [1.54, 1.807) is 0 Å². The predicted molar refractivity (Wildman–Crippen MR) is 99.1 cm³/mol. The molecule has 0 fully saturated rings. The molecule has 26 heavy (non-hydrogen) atoms. The third-order valence-corrected chi connectivity index (χ3v) is 4.17. The van der Waals surface area contributed by atoms with Crippen molar-refractivity contribution in [3.63, 3.8) is 0 Å². The maximum atomic E-state index is 5.70. The zero-order valence-electron chi connectivity index (χ0n) is 14.6. The predicted octanol–water partition coefficient (Wildman–Crippen LogP) is 3.18. The van der Waals surface area contributed by atoms with Crippen LogP contribution in [0.15, 0.2) is 54.7 Å². The van der Waals surface area contributed by atoms with Crippen LogP contribution < -0.4 is 9.80 Å². The number of nitrogens with zero attached hydrogens (tertiary/aromatic N) is 4. The summed E-state index contributed by atoms with van der Waals surface area (Å²) in [5.74, 6) is 0.940. The average Bonchev–Trinajstić information content (AvgIpc) is 3.26. The van der Waals surface area contributed by atoms with Crippen LogP contribution in [0.3, 0.4) is 0 Å². The number of benzene rings is 1. The number of H-pyrrole nitrogens is 1. The standard InChI is InChI=1S/C19H21N5O2/c1-15-10-16(22-21-15)11-25-14-26-13-23-12-24(17-6-3-2-4-7-17)19-18(23)8-5-9-20-19/h2-10H,11-14H2,1H3,(H,21,22). The number of nitrogens with one attached hydrogen (secondary N) is 1. The lowest BCUT2D eigenvalue weighted by atomic mass is 10.3. The van der Waals surface area contributed by atoms with Gasteiger partial charge in [0.25, 0.3) is 0 Å². The van der Waals surface area contributed by atoms with Crippen LogP contribution in [0.2, 0.25) is 0 Å². The van der Waals surface area contributed by atoms with Crippen LogP contribution in [0.25, 0.3) is 0 Å². The monoisotopic (exact) mass is 351 g/mol. The Bertz CT molecular complexity index is 852. The van der Waals surface area contributed by atoms with E-state index in [1.165, 1.54) is 0 Å². The molecule has 2 aromatic heterocycles. The van der Waals surface area contributed by atoms with Crippen molar-refractivity contribution in [2.75, 3.05) is 30.0 Å². The number of pyridine rings is 1. The Balaban J connectivity index is 1.34. The van der Waals surface area contributed by atoms with E-state index in [4.69, 9.17) is 9.47 Å². The topological polar surface area (TPSA) is 66.5 Å². The molecule has 0 aliphatic carbocycles. The van der Waals surface area contributed by atoms with Gasteiger partial charge in [0.15, 0.2) is 5.82 Å². The van der Waals surface area contributed by atoms with Gasteiger partial charge in [-0.15, -0.1) is 0 Å². The molecular weight excluding hydrogens is 330 g/mol. The van der Waals surface area contributed by atoms with Crippen molar-refractivity contribution in [1.29, 1.82) is 0 Å². The van der Waals surface area contributed by atoms with Gasteiger partial charge in [-0.25, -0.2) is 4.98 Å². The van der Waals surface area contributed by atoms with Gasteiger partial charge in [-0.2, -0.15) is 5.10 Å². The van der Waals surface area contributed by atoms with Gasteiger partial charge in [0.05, 0.1) is 24.7 Å². The first-order chi connectivity index (χ1) is 12.8. The quantitative estimate of drug-likeness (QED) is 0.521. The molecule has 0 saturated carbocycles. The van der Waals surface area contributed by atoms with Crippen LogP contribution in [-0.2, 0) is 16.1 Å². The molecule has 1 aromatic carbocycles. The van der Waals surface area contributed by atoms with Crippen LogP contribution in [0.1, 0.15) is 11.4 Å². The summed E-state index contributed by atoms with van der Waals surface area (Å²) < 4.78 is 11.2. The maximum Gasteiger partial charge on any atom is 0.158 e. The van der Waals surface area contributed by atoms with E-state index in [2.05, 4.69) is 43.2 Å². The number of hydrogen-bond acceptors (Lipinski definition) is 6. The molecule has 0 radical (unpaired) electrons. The van der Waals surface area contributed by atoms with Gasteiger partial charge in [0.1, 0.15) is 13.5 Å². The van der Waals surface area contributed by atoms with Gasteiger partial charge >= 0.3 is 0 Å². The zero-order valence-corrected chi connectivity index (χ0v) is 14.6. The average molecular weight is 351 g/mol. The van der Waals surface area contributed by atoms with Crippen molar-refractivity contribution in [1.82, 2.24) is 15.2 Å². The first-order valence-corrected chi connectivity index (χ1v) is 8.50. The van der Waals surface area contributed by atoms with E-state index in [0.29, 0.717) is 20.0 Å². The summed E-state index contributed by atoms with van der Waals surface area (Å²) >= 11 is 0. The van der Waals surface area contributed by atoms with Gasteiger partial charge < -0.3 is 19.3 Å². The molecule has 0 bridgehead atoms. The second-order valence-corrected chi connectivity index (χ2v) is 6.13. The third kappa shape index (κ3) is 3.54. The van der Waals surface area contributed by atoms with E-state index in [9.17, 15) is 0 Å². The SMILES string of the molecule is Cc1cc(COCOCN2CN(c3ccccc3)c3ncccc32)n[nH]1. The van der Waals surface area contributed by atoms with E-state index in [1.807, 2.05) is 43.5 Å². The highest BCUT2D eigenvalue weighted by atomic mass is 16.7. The molecule has 4 rings (SSSR count). The number of aromatic nitrogens is 3. The second kappa shape index (κ2) is 7.55.